The molecule has 0 atom stereocenters. The van der Waals surface area contributed by atoms with Crippen LogP contribution in [0.5, 0.6) is 5.75 Å². The van der Waals surface area contributed by atoms with Gasteiger partial charge in [-0.3, -0.25) is 0 Å². The number of H-pyrrole nitrogens is 1. The normalized spacial score (nSPS) is 11.5. The maximum absolute atomic E-state index is 9.95. The van der Waals surface area contributed by atoms with Crippen molar-refractivity contribution in [2.75, 3.05) is 6.61 Å². The van der Waals surface area contributed by atoms with Gasteiger partial charge in [-0.15, -0.1) is 0 Å². The molecular weight excluding hydrogens is 422 g/mol. The number of nitrogens with one attached hydrogen (secondary N) is 1. The Kier molecular flexibility index (Phi) is 5.91. The van der Waals surface area contributed by atoms with Crippen LogP contribution in [0.3, 0.4) is 0 Å². The van der Waals surface area contributed by atoms with Gasteiger partial charge in [0.2, 0.25) is 0 Å². The lowest BCUT2D eigenvalue weighted by Crippen LogP contribution is -1.95. The van der Waals surface area contributed by atoms with E-state index in [4.69, 9.17) is 9.84 Å². The number of fused-ring (bicyclic) bond motifs is 1. The Labute approximate surface area is 197 Å². The zero-order valence-electron chi connectivity index (χ0n) is 18.8. The summed E-state index contributed by atoms with van der Waals surface area (Å²) in [6, 6.07) is 27.8. The van der Waals surface area contributed by atoms with Gasteiger partial charge in [-0.1, -0.05) is 37.3 Å². The number of rotatable bonds is 7. The van der Waals surface area contributed by atoms with Crippen molar-refractivity contribution in [1.29, 1.82) is 5.26 Å². The SMILES string of the molecule is CCCOc1ccc(-c2nn(-c3ccccc3)cc2C=C(C#N)c2nc3ccccc3[nH]2)cc1. The summed E-state index contributed by atoms with van der Waals surface area (Å²) in [6.07, 6.45) is 4.73. The second-order valence-electron chi connectivity index (χ2n) is 7.86. The molecule has 0 saturated carbocycles. The highest BCUT2D eigenvalue weighted by Gasteiger charge is 2.14. The Morgan fingerprint density at radius 3 is 2.53 bits per heavy atom. The van der Waals surface area contributed by atoms with Crippen LogP contribution in [0.25, 0.3) is 39.6 Å². The van der Waals surface area contributed by atoms with E-state index in [1.54, 1.807) is 0 Å². The van der Waals surface area contributed by atoms with Crippen LogP contribution in [0.1, 0.15) is 24.7 Å². The van der Waals surface area contributed by atoms with Crippen molar-refractivity contribution in [3.63, 3.8) is 0 Å². The third-order valence-corrected chi connectivity index (χ3v) is 5.43. The van der Waals surface area contributed by atoms with Crippen LogP contribution in [0.4, 0.5) is 0 Å². The molecule has 0 aliphatic rings. The average molecular weight is 446 g/mol. The molecular formula is C28H23N5O. The topological polar surface area (TPSA) is 79.5 Å². The molecule has 3 aromatic carbocycles. The summed E-state index contributed by atoms with van der Waals surface area (Å²) >= 11 is 0. The average Bonchev–Trinajstić information content (AvgIpc) is 3.51. The molecule has 0 fully saturated rings. The van der Waals surface area contributed by atoms with Crippen molar-refractivity contribution >= 4 is 22.7 Å². The fourth-order valence-electron chi connectivity index (χ4n) is 3.75. The molecule has 0 bridgehead atoms. The Hall–Kier alpha value is -4.63. The number of hydrogen-bond acceptors (Lipinski definition) is 4. The van der Waals surface area contributed by atoms with Crippen LogP contribution in [-0.4, -0.2) is 26.4 Å². The summed E-state index contributed by atoms with van der Waals surface area (Å²) in [4.78, 5) is 7.84. The largest absolute Gasteiger partial charge is 0.494 e. The molecule has 1 N–H and O–H groups in total. The first kappa shape index (κ1) is 21.2. The fraction of sp³-hybridized carbons (Fsp3) is 0.107. The van der Waals surface area contributed by atoms with Gasteiger partial charge in [0.1, 0.15) is 17.6 Å². The fourth-order valence-corrected chi connectivity index (χ4v) is 3.75. The van der Waals surface area contributed by atoms with Gasteiger partial charge in [0, 0.05) is 17.3 Å². The third kappa shape index (κ3) is 4.32. The predicted octanol–water partition coefficient (Wildman–Crippen LogP) is 6.27. The van der Waals surface area contributed by atoms with E-state index < -0.39 is 0 Å². The number of benzene rings is 3. The molecule has 0 aliphatic heterocycles. The second-order valence-corrected chi connectivity index (χ2v) is 7.86. The first-order valence-corrected chi connectivity index (χ1v) is 11.2. The van der Waals surface area contributed by atoms with Crippen LogP contribution in [-0.2, 0) is 0 Å². The number of ether oxygens (including phenoxy) is 1. The number of nitrogens with zero attached hydrogens (tertiary/aromatic N) is 4. The molecule has 166 valence electrons. The summed E-state index contributed by atoms with van der Waals surface area (Å²) in [5.74, 6) is 1.36. The van der Waals surface area contributed by atoms with Crippen molar-refractivity contribution < 1.29 is 4.74 Å². The molecule has 0 saturated heterocycles. The monoisotopic (exact) mass is 445 g/mol. The van der Waals surface area contributed by atoms with E-state index in [2.05, 4.69) is 23.0 Å². The van der Waals surface area contributed by atoms with Crippen LogP contribution >= 0.6 is 0 Å². The molecule has 0 radical (unpaired) electrons. The Morgan fingerprint density at radius 2 is 1.79 bits per heavy atom. The van der Waals surface area contributed by atoms with Crippen molar-refractivity contribution in [1.82, 2.24) is 19.7 Å². The van der Waals surface area contributed by atoms with E-state index in [-0.39, 0.29) is 0 Å². The zero-order chi connectivity index (χ0) is 23.3. The van der Waals surface area contributed by atoms with Crippen LogP contribution in [0.15, 0.2) is 85.1 Å². The van der Waals surface area contributed by atoms with Crippen LogP contribution in [0, 0.1) is 11.3 Å². The van der Waals surface area contributed by atoms with Gasteiger partial charge in [0.15, 0.2) is 0 Å². The van der Waals surface area contributed by atoms with Crippen LogP contribution in [0.2, 0.25) is 0 Å². The molecule has 6 heteroatoms. The smallest absolute Gasteiger partial charge is 0.149 e. The van der Waals surface area contributed by atoms with E-state index in [0.717, 1.165) is 45.7 Å². The summed E-state index contributed by atoms with van der Waals surface area (Å²) in [5.41, 5.74) is 5.62. The highest BCUT2D eigenvalue weighted by atomic mass is 16.5. The van der Waals surface area contributed by atoms with E-state index >= 15 is 0 Å². The molecule has 5 rings (SSSR count). The van der Waals surface area contributed by atoms with Gasteiger partial charge in [0.25, 0.3) is 0 Å². The number of para-hydroxylation sites is 3. The zero-order valence-corrected chi connectivity index (χ0v) is 18.8. The number of aromatic amines is 1. The molecule has 6 nitrogen and oxygen atoms in total. The quantitative estimate of drug-likeness (QED) is 0.300. The van der Waals surface area contributed by atoms with Gasteiger partial charge in [-0.2, -0.15) is 10.4 Å². The molecule has 2 aromatic heterocycles. The lowest BCUT2D eigenvalue weighted by Gasteiger charge is -2.05. The molecule has 0 spiro atoms. The van der Waals surface area contributed by atoms with Gasteiger partial charge < -0.3 is 9.72 Å². The number of allylic oxidation sites excluding steroid dienone is 1. The maximum Gasteiger partial charge on any atom is 0.149 e. The number of imidazole rings is 1. The predicted molar refractivity (Wildman–Crippen MR) is 134 cm³/mol. The lowest BCUT2D eigenvalue weighted by molar-refractivity contribution is 0.317. The molecule has 0 unspecified atom stereocenters. The first-order chi connectivity index (χ1) is 16.7. The second kappa shape index (κ2) is 9.47. The van der Waals surface area contributed by atoms with Crippen molar-refractivity contribution in [3.8, 4) is 28.8 Å². The minimum atomic E-state index is 0.438. The molecule has 34 heavy (non-hydrogen) atoms. The standard InChI is InChI=1S/C28H23N5O/c1-2-16-34-24-14-12-20(13-15-24)27-22(19-33(32-27)23-8-4-3-5-9-23)17-21(18-29)28-30-25-10-6-7-11-26(25)31-28/h3-15,17,19H,2,16H2,1H3,(H,30,31). The molecule has 2 heterocycles. The molecule has 0 amide bonds. The van der Waals surface area contributed by atoms with Gasteiger partial charge in [0.05, 0.1) is 34.6 Å². The maximum atomic E-state index is 9.95. The Bertz CT molecular complexity index is 1450. The van der Waals surface area contributed by atoms with Gasteiger partial charge in [-0.25, -0.2) is 9.67 Å². The first-order valence-electron chi connectivity index (χ1n) is 11.2. The van der Waals surface area contributed by atoms with E-state index in [1.807, 2.05) is 95.8 Å². The minimum Gasteiger partial charge on any atom is -0.494 e. The Balaban J connectivity index is 1.59. The highest BCUT2D eigenvalue weighted by molar-refractivity contribution is 5.92. The summed E-state index contributed by atoms with van der Waals surface area (Å²) in [5, 5.41) is 14.8. The number of hydrogen-bond donors (Lipinski definition) is 1. The third-order valence-electron chi connectivity index (χ3n) is 5.43. The van der Waals surface area contributed by atoms with Gasteiger partial charge in [-0.05, 0) is 61.0 Å². The highest BCUT2D eigenvalue weighted by Crippen LogP contribution is 2.29. The molecule has 0 aliphatic carbocycles. The number of aromatic nitrogens is 4. The Morgan fingerprint density at radius 1 is 1.03 bits per heavy atom. The van der Waals surface area contributed by atoms with E-state index in [0.29, 0.717) is 18.0 Å². The van der Waals surface area contributed by atoms with Gasteiger partial charge >= 0.3 is 0 Å². The summed E-state index contributed by atoms with van der Waals surface area (Å²) in [6.45, 7) is 2.76. The lowest BCUT2D eigenvalue weighted by atomic mass is 10.1. The minimum absolute atomic E-state index is 0.438. The molecule has 5 aromatic rings. The van der Waals surface area contributed by atoms with Crippen LogP contribution < -0.4 is 4.74 Å². The summed E-state index contributed by atoms with van der Waals surface area (Å²) in [7, 11) is 0. The van der Waals surface area contributed by atoms with E-state index in [9.17, 15) is 5.26 Å². The van der Waals surface area contributed by atoms with E-state index in [1.165, 1.54) is 0 Å². The number of nitriles is 1. The van der Waals surface area contributed by atoms with Crippen molar-refractivity contribution in [3.05, 3.63) is 96.4 Å². The summed E-state index contributed by atoms with van der Waals surface area (Å²) < 4.78 is 7.56. The van der Waals surface area contributed by atoms with Crippen molar-refractivity contribution in [2.24, 2.45) is 0 Å². The van der Waals surface area contributed by atoms with Crippen molar-refractivity contribution in [2.45, 2.75) is 13.3 Å².